The summed E-state index contributed by atoms with van der Waals surface area (Å²) < 4.78 is 4.86. The molecule has 0 radical (unpaired) electrons. The number of carbonyl (C=O) groups excluding carboxylic acids is 2. The molecule has 0 saturated heterocycles. The fourth-order valence-corrected chi connectivity index (χ4v) is 2.06. The van der Waals surface area contributed by atoms with Gasteiger partial charge in [-0.05, 0) is 18.2 Å². The summed E-state index contributed by atoms with van der Waals surface area (Å²) in [6.07, 6.45) is 3.06. The van der Waals surface area contributed by atoms with Crippen LogP contribution in [0.1, 0.15) is 0 Å². The highest BCUT2D eigenvalue weighted by molar-refractivity contribution is 6.32. The normalized spacial score (nSPS) is 10.1. The van der Waals surface area contributed by atoms with Gasteiger partial charge in [0.25, 0.3) is 11.6 Å². The Morgan fingerprint density at radius 3 is 2.69 bits per heavy atom. The van der Waals surface area contributed by atoms with Crippen molar-refractivity contribution in [1.29, 1.82) is 0 Å². The lowest BCUT2D eigenvalue weighted by Crippen LogP contribution is -2.30. The summed E-state index contributed by atoms with van der Waals surface area (Å²) in [6.45, 7) is -0.692. The van der Waals surface area contributed by atoms with Crippen LogP contribution in [0.3, 0.4) is 0 Å². The molecule has 0 aliphatic heterocycles. The van der Waals surface area contributed by atoms with Crippen molar-refractivity contribution in [2.45, 2.75) is 0 Å². The molecule has 1 N–H and O–H groups in total. The van der Waals surface area contributed by atoms with Gasteiger partial charge in [0.1, 0.15) is 11.6 Å². The zero-order chi connectivity index (χ0) is 19.1. The first kappa shape index (κ1) is 19.1. The lowest BCUT2D eigenvalue weighted by molar-refractivity contribution is -0.384. The minimum atomic E-state index is -0.667. The molecule has 1 amide bonds. The second kappa shape index (κ2) is 8.72. The van der Waals surface area contributed by atoms with E-state index < -0.39 is 23.4 Å². The van der Waals surface area contributed by atoms with Crippen molar-refractivity contribution in [3.8, 4) is 0 Å². The number of amides is 1. The van der Waals surface area contributed by atoms with E-state index in [-0.39, 0.29) is 22.9 Å². The van der Waals surface area contributed by atoms with Crippen molar-refractivity contribution in [2.75, 3.05) is 30.4 Å². The highest BCUT2D eigenvalue weighted by Crippen LogP contribution is 2.27. The fourth-order valence-electron chi connectivity index (χ4n) is 1.87. The first-order valence-electron chi connectivity index (χ1n) is 7.24. The third-order valence-electron chi connectivity index (χ3n) is 3.05. The Bertz CT molecular complexity index is 817. The summed E-state index contributed by atoms with van der Waals surface area (Å²) in [5, 5.41) is 13.2. The number of hydrogen-bond donors (Lipinski definition) is 1. The van der Waals surface area contributed by atoms with E-state index in [2.05, 4.69) is 15.3 Å². The molecule has 1 aromatic carbocycles. The fraction of sp³-hybridized carbons (Fsp3) is 0.200. The second-order valence-corrected chi connectivity index (χ2v) is 5.44. The van der Waals surface area contributed by atoms with E-state index >= 15 is 0 Å². The molecule has 0 atom stereocenters. The molecule has 2 aromatic rings. The number of likely N-dealkylation sites (N-methyl/N-ethyl adjacent to an activating group) is 1. The Labute approximate surface area is 152 Å². The van der Waals surface area contributed by atoms with E-state index in [9.17, 15) is 19.7 Å². The number of esters is 1. The number of nitro groups is 1. The van der Waals surface area contributed by atoms with Crippen LogP contribution in [0.5, 0.6) is 0 Å². The van der Waals surface area contributed by atoms with Gasteiger partial charge in [0.15, 0.2) is 6.61 Å². The van der Waals surface area contributed by atoms with Gasteiger partial charge in [0, 0.05) is 31.2 Å². The van der Waals surface area contributed by atoms with Gasteiger partial charge in [-0.25, -0.2) is 9.97 Å². The number of carbonyl (C=O) groups is 2. The van der Waals surface area contributed by atoms with E-state index in [1.54, 1.807) is 13.1 Å². The number of anilines is 2. The number of nitrogens with zero attached hydrogens (tertiary/aromatic N) is 4. The van der Waals surface area contributed by atoms with Crippen molar-refractivity contribution in [3.63, 3.8) is 0 Å². The van der Waals surface area contributed by atoms with Crippen LogP contribution in [0.15, 0.2) is 36.7 Å². The number of nitro benzene ring substituents is 1. The number of benzene rings is 1. The number of hydrogen-bond acceptors (Lipinski definition) is 8. The monoisotopic (exact) mass is 379 g/mol. The van der Waals surface area contributed by atoms with Crippen LogP contribution in [0, 0.1) is 10.1 Å². The molecule has 0 fully saturated rings. The molecule has 11 heteroatoms. The van der Waals surface area contributed by atoms with Gasteiger partial charge in [-0.15, -0.1) is 0 Å². The van der Waals surface area contributed by atoms with Crippen LogP contribution in [-0.4, -0.2) is 47.0 Å². The smallest absolute Gasteiger partial charge is 0.326 e. The molecule has 0 bridgehead atoms. The zero-order valence-electron chi connectivity index (χ0n) is 13.6. The molecule has 0 aliphatic rings. The largest absolute Gasteiger partial charge is 0.454 e. The average Bonchev–Trinajstić information content (AvgIpc) is 2.62. The maximum Gasteiger partial charge on any atom is 0.326 e. The Hall–Kier alpha value is -3.27. The first-order valence-corrected chi connectivity index (χ1v) is 7.62. The topological polar surface area (TPSA) is 128 Å². The van der Waals surface area contributed by atoms with E-state index in [1.807, 2.05) is 0 Å². The molecular weight excluding hydrogens is 366 g/mol. The summed E-state index contributed by atoms with van der Waals surface area (Å²) in [4.78, 5) is 43.1. The van der Waals surface area contributed by atoms with Crippen LogP contribution in [0.2, 0.25) is 5.02 Å². The SMILES string of the molecule is CN(CC(=O)OCC(=O)Nc1ccc(Cl)c([N+](=O)[O-])c1)c1ncccn1. The van der Waals surface area contributed by atoms with Crippen molar-refractivity contribution < 1.29 is 19.2 Å². The molecular formula is C15H14ClN5O5. The van der Waals surface area contributed by atoms with Crippen LogP contribution in [-0.2, 0) is 14.3 Å². The number of aromatic nitrogens is 2. The molecule has 1 heterocycles. The maximum atomic E-state index is 11.8. The minimum Gasteiger partial charge on any atom is -0.454 e. The van der Waals surface area contributed by atoms with Gasteiger partial charge in [-0.1, -0.05) is 11.6 Å². The third-order valence-corrected chi connectivity index (χ3v) is 3.37. The highest BCUT2D eigenvalue weighted by Gasteiger charge is 2.15. The quantitative estimate of drug-likeness (QED) is 0.437. The van der Waals surface area contributed by atoms with Crippen LogP contribution in [0.4, 0.5) is 17.3 Å². The van der Waals surface area contributed by atoms with Gasteiger partial charge < -0.3 is 15.0 Å². The Morgan fingerprint density at radius 2 is 2.04 bits per heavy atom. The Kier molecular flexibility index (Phi) is 6.39. The number of halogens is 1. The first-order chi connectivity index (χ1) is 12.4. The lowest BCUT2D eigenvalue weighted by atomic mass is 10.3. The number of nitrogens with one attached hydrogen (secondary N) is 1. The Balaban J connectivity index is 1.84. The van der Waals surface area contributed by atoms with Crippen molar-refractivity contribution in [2.24, 2.45) is 0 Å². The standard InChI is InChI=1S/C15H14ClN5O5/c1-20(15-17-5-2-6-18-15)8-14(23)26-9-13(22)19-10-3-4-11(16)12(7-10)21(24)25/h2-7H,8-9H2,1H3,(H,19,22). The molecule has 0 aliphatic carbocycles. The summed E-state index contributed by atoms with van der Waals surface area (Å²) in [6, 6.07) is 5.44. The van der Waals surface area contributed by atoms with Crippen molar-refractivity contribution in [1.82, 2.24) is 9.97 Å². The predicted molar refractivity (Wildman–Crippen MR) is 93.0 cm³/mol. The molecule has 136 valence electrons. The second-order valence-electron chi connectivity index (χ2n) is 5.04. The molecule has 0 saturated carbocycles. The number of rotatable bonds is 7. The Morgan fingerprint density at radius 1 is 1.35 bits per heavy atom. The van der Waals surface area contributed by atoms with E-state index in [0.29, 0.717) is 5.95 Å². The van der Waals surface area contributed by atoms with Crippen LogP contribution in [0.25, 0.3) is 0 Å². The molecule has 0 spiro atoms. The van der Waals surface area contributed by atoms with Crippen LogP contribution >= 0.6 is 11.6 Å². The van der Waals surface area contributed by atoms with Gasteiger partial charge in [0.05, 0.1) is 4.92 Å². The van der Waals surface area contributed by atoms with E-state index in [4.69, 9.17) is 16.3 Å². The molecule has 10 nitrogen and oxygen atoms in total. The van der Waals surface area contributed by atoms with Gasteiger partial charge in [0.2, 0.25) is 5.95 Å². The lowest BCUT2D eigenvalue weighted by Gasteiger charge is -2.15. The maximum absolute atomic E-state index is 11.8. The molecule has 0 unspecified atom stereocenters. The highest BCUT2D eigenvalue weighted by atomic mass is 35.5. The van der Waals surface area contributed by atoms with Crippen LogP contribution < -0.4 is 10.2 Å². The minimum absolute atomic E-state index is 0.0504. The molecule has 2 rings (SSSR count). The summed E-state index contributed by atoms with van der Waals surface area (Å²) >= 11 is 5.69. The molecule has 26 heavy (non-hydrogen) atoms. The predicted octanol–water partition coefficient (Wildman–Crippen LogP) is 1.66. The van der Waals surface area contributed by atoms with Gasteiger partial charge >= 0.3 is 5.97 Å². The summed E-state index contributed by atoms with van der Waals surface area (Å²) in [7, 11) is 1.60. The van der Waals surface area contributed by atoms with Gasteiger partial charge in [-0.2, -0.15) is 0 Å². The van der Waals surface area contributed by atoms with E-state index in [1.165, 1.54) is 29.4 Å². The molecule has 1 aromatic heterocycles. The van der Waals surface area contributed by atoms with Crippen molar-refractivity contribution >= 4 is 40.8 Å². The third kappa shape index (κ3) is 5.38. The average molecular weight is 380 g/mol. The zero-order valence-corrected chi connectivity index (χ0v) is 14.3. The summed E-state index contributed by atoms with van der Waals surface area (Å²) in [5.74, 6) is -0.965. The number of ether oxygens (including phenoxy) is 1. The van der Waals surface area contributed by atoms with Gasteiger partial charge in [-0.3, -0.25) is 19.7 Å². The van der Waals surface area contributed by atoms with Crippen molar-refractivity contribution in [3.05, 3.63) is 51.8 Å². The summed E-state index contributed by atoms with van der Waals surface area (Å²) in [5.41, 5.74) is -0.178. The van der Waals surface area contributed by atoms with E-state index in [0.717, 1.165) is 6.07 Å².